The van der Waals surface area contributed by atoms with Crippen LogP contribution in [-0.2, 0) is 19.6 Å². The van der Waals surface area contributed by atoms with Crippen LogP contribution in [0.15, 0.2) is 23.1 Å². The van der Waals surface area contributed by atoms with Gasteiger partial charge in [0.25, 0.3) is 5.91 Å². The van der Waals surface area contributed by atoms with Gasteiger partial charge in [-0.25, -0.2) is 13.2 Å². The summed E-state index contributed by atoms with van der Waals surface area (Å²) in [5.41, 5.74) is 0.0584. The van der Waals surface area contributed by atoms with Crippen molar-refractivity contribution in [3.8, 4) is 0 Å². The van der Waals surface area contributed by atoms with E-state index in [1.807, 2.05) is 6.92 Å². The van der Waals surface area contributed by atoms with E-state index < -0.39 is 16.0 Å². The minimum absolute atomic E-state index is 0.0584. The van der Waals surface area contributed by atoms with Crippen LogP contribution in [0.5, 0.6) is 0 Å². The van der Waals surface area contributed by atoms with Gasteiger partial charge in [-0.1, -0.05) is 25.4 Å². The number of rotatable bonds is 5. The Morgan fingerprint density at radius 1 is 1.10 bits per heavy atom. The van der Waals surface area contributed by atoms with Gasteiger partial charge in [-0.3, -0.25) is 4.79 Å². The zero-order valence-corrected chi connectivity index (χ0v) is 19.0. The Balaban J connectivity index is 1.68. The summed E-state index contributed by atoms with van der Waals surface area (Å²) in [6.45, 7) is 5.98. The molecule has 0 aliphatic carbocycles. The van der Waals surface area contributed by atoms with Gasteiger partial charge in [0.2, 0.25) is 10.0 Å². The van der Waals surface area contributed by atoms with E-state index in [2.05, 4.69) is 6.92 Å². The van der Waals surface area contributed by atoms with Crippen LogP contribution >= 0.6 is 11.6 Å². The van der Waals surface area contributed by atoms with E-state index in [1.165, 1.54) is 22.5 Å². The smallest absolute Gasteiger partial charge is 0.338 e. The number of hydrogen-bond acceptors (Lipinski definition) is 5. The summed E-state index contributed by atoms with van der Waals surface area (Å²) in [6.07, 6.45) is 3.65. The van der Waals surface area contributed by atoms with E-state index in [9.17, 15) is 18.0 Å². The van der Waals surface area contributed by atoms with Gasteiger partial charge < -0.3 is 9.64 Å². The maximum Gasteiger partial charge on any atom is 0.338 e. The highest BCUT2D eigenvalue weighted by molar-refractivity contribution is 7.89. The number of piperidine rings is 2. The molecule has 1 amide bonds. The second-order valence-corrected chi connectivity index (χ2v) is 10.7. The molecule has 1 atom stereocenters. The van der Waals surface area contributed by atoms with Crippen LogP contribution in [0, 0.1) is 11.8 Å². The van der Waals surface area contributed by atoms with Gasteiger partial charge >= 0.3 is 5.97 Å². The fourth-order valence-corrected chi connectivity index (χ4v) is 5.99. The number of halogens is 1. The number of esters is 1. The highest BCUT2D eigenvalue weighted by Crippen LogP contribution is 2.29. The molecule has 30 heavy (non-hydrogen) atoms. The lowest BCUT2D eigenvalue weighted by Crippen LogP contribution is -2.40. The first-order valence-corrected chi connectivity index (χ1v) is 12.2. The van der Waals surface area contributed by atoms with Crippen molar-refractivity contribution in [3.05, 3.63) is 28.8 Å². The van der Waals surface area contributed by atoms with Crippen LogP contribution in [0.3, 0.4) is 0 Å². The molecule has 1 aromatic rings. The number of ether oxygens (including phenoxy) is 1. The van der Waals surface area contributed by atoms with Crippen molar-refractivity contribution in [2.75, 3.05) is 32.8 Å². The molecule has 2 heterocycles. The summed E-state index contributed by atoms with van der Waals surface area (Å²) in [5, 5.41) is 0.0586. The SMILES string of the molecule is CC1CCN(C(=O)COC(=O)c2ccc(Cl)c(S(=O)(=O)N3CCCC(C)C3)c2)CC1. The second-order valence-electron chi connectivity index (χ2n) is 8.40. The third-order valence-corrected chi connectivity index (χ3v) is 8.21. The number of nitrogens with zero attached hydrogens (tertiary/aromatic N) is 2. The molecular weight excluding hydrogens is 428 g/mol. The lowest BCUT2D eigenvalue weighted by Gasteiger charge is -2.30. The monoisotopic (exact) mass is 456 g/mol. The molecule has 2 saturated heterocycles. The van der Waals surface area contributed by atoms with Crippen LogP contribution in [-0.4, -0.2) is 62.3 Å². The summed E-state index contributed by atoms with van der Waals surface area (Å²) in [7, 11) is -3.82. The Morgan fingerprint density at radius 2 is 1.80 bits per heavy atom. The number of carbonyl (C=O) groups is 2. The van der Waals surface area contributed by atoms with Crippen molar-refractivity contribution >= 4 is 33.5 Å². The Hall–Kier alpha value is -1.64. The standard InChI is InChI=1S/C21H29ClN2O5S/c1-15-7-10-23(11-8-15)20(25)14-29-21(26)17-5-6-18(22)19(12-17)30(27,28)24-9-3-4-16(2)13-24/h5-6,12,15-16H,3-4,7-11,13-14H2,1-2H3. The van der Waals surface area contributed by atoms with E-state index in [1.54, 1.807) is 4.90 Å². The fraction of sp³-hybridized carbons (Fsp3) is 0.619. The normalized spacial score (nSPS) is 21.4. The van der Waals surface area contributed by atoms with Crippen molar-refractivity contribution < 1.29 is 22.7 Å². The topological polar surface area (TPSA) is 84.0 Å². The molecule has 2 aliphatic heterocycles. The fourth-order valence-electron chi connectivity index (χ4n) is 3.89. The zero-order valence-electron chi connectivity index (χ0n) is 17.5. The molecule has 0 N–H and O–H groups in total. The van der Waals surface area contributed by atoms with Crippen molar-refractivity contribution in [1.29, 1.82) is 0 Å². The van der Waals surface area contributed by atoms with Crippen molar-refractivity contribution in [2.24, 2.45) is 11.8 Å². The summed E-state index contributed by atoms with van der Waals surface area (Å²) < 4.78 is 32.7. The average molecular weight is 457 g/mol. The zero-order chi connectivity index (χ0) is 21.9. The van der Waals surface area contributed by atoms with E-state index >= 15 is 0 Å². The van der Waals surface area contributed by atoms with Crippen LogP contribution in [0.1, 0.15) is 49.9 Å². The maximum absolute atomic E-state index is 13.1. The van der Waals surface area contributed by atoms with Gasteiger partial charge in [0.1, 0.15) is 4.90 Å². The Labute approximate surface area is 183 Å². The van der Waals surface area contributed by atoms with E-state index in [4.69, 9.17) is 16.3 Å². The largest absolute Gasteiger partial charge is 0.452 e. The molecule has 0 saturated carbocycles. The number of benzene rings is 1. The van der Waals surface area contributed by atoms with E-state index in [-0.39, 0.29) is 33.9 Å². The predicted octanol–water partition coefficient (Wildman–Crippen LogP) is 3.18. The summed E-state index contributed by atoms with van der Waals surface area (Å²) in [6, 6.07) is 4.04. The molecule has 9 heteroatoms. The second kappa shape index (κ2) is 9.66. The highest BCUT2D eigenvalue weighted by atomic mass is 35.5. The first-order valence-electron chi connectivity index (χ1n) is 10.4. The molecule has 0 spiro atoms. The molecule has 2 aliphatic rings. The number of hydrogen-bond donors (Lipinski definition) is 0. The molecule has 1 aromatic carbocycles. The van der Waals surface area contributed by atoms with Crippen molar-refractivity contribution in [3.63, 3.8) is 0 Å². The lowest BCUT2D eigenvalue weighted by atomic mass is 9.99. The van der Waals surface area contributed by atoms with Crippen LogP contribution in [0.2, 0.25) is 5.02 Å². The third-order valence-electron chi connectivity index (χ3n) is 5.87. The Kier molecular flexibility index (Phi) is 7.42. The van der Waals surface area contributed by atoms with Gasteiger partial charge in [-0.05, 0) is 55.7 Å². The molecule has 166 valence electrons. The van der Waals surface area contributed by atoms with Crippen molar-refractivity contribution in [1.82, 2.24) is 9.21 Å². The van der Waals surface area contributed by atoms with Gasteiger partial charge in [-0.2, -0.15) is 4.31 Å². The predicted molar refractivity (Wildman–Crippen MR) is 114 cm³/mol. The molecule has 2 fully saturated rings. The first-order chi connectivity index (χ1) is 14.2. The Bertz CT molecular complexity index is 897. The average Bonchev–Trinajstić information content (AvgIpc) is 2.72. The molecule has 3 rings (SSSR count). The maximum atomic E-state index is 13.1. The molecule has 0 radical (unpaired) electrons. The number of amides is 1. The van der Waals surface area contributed by atoms with Gasteiger partial charge in [0.15, 0.2) is 6.61 Å². The van der Waals surface area contributed by atoms with Gasteiger partial charge in [0.05, 0.1) is 10.6 Å². The van der Waals surface area contributed by atoms with Crippen LogP contribution in [0.25, 0.3) is 0 Å². The summed E-state index contributed by atoms with van der Waals surface area (Å²) in [5.74, 6) is -0.119. The van der Waals surface area contributed by atoms with Crippen molar-refractivity contribution in [2.45, 2.75) is 44.4 Å². The minimum atomic E-state index is -3.82. The van der Waals surface area contributed by atoms with E-state index in [0.717, 1.165) is 25.7 Å². The van der Waals surface area contributed by atoms with Crippen LogP contribution < -0.4 is 0 Å². The first kappa shape index (κ1) is 23.0. The van der Waals surface area contributed by atoms with Gasteiger partial charge in [-0.15, -0.1) is 0 Å². The summed E-state index contributed by atoms with van der Waals surface area (Å²) in [4.78, 5) is 26.3. The quantitative estimate of drug-likeness (QED) is 0.635. The van der Waals surface area contributed by atoms with Gasteiger partial charge in [0, 0.05) is 26.2 Å². The number of carbonyl (C=O) groups excluding carboxylic acids is 2. The molecule has 0 aromatic heterocycles. The highest BCUT2D eigenvalue weighted by Gasteiger charge is 2.31. The molecule has 1 unspecified atom stereocenters. The number of sulfonamides is 1. The van der Waals surface area contributed by atoms with Crippen LogP contribution in [0.4, 0.5) is 0 Å². The minimum Gasteiger partial charge on any atom is -0.452 e. The van der Waals surface area contributed by atoms with E-state index in [0.29, 0.717) is 32.1 Å². The lowest BCUT2D eigenvalue weighted by molar-refractivity contribution is -0.135. The summed E-state index contributed by atoms with van der Waals surface area (Å²) >= 11 is 6.16. The third kappa shape index (κ3) is 5.34. The molecular formula is C21H29ClN2O5S. The molecule has 7 nitrogen and oxygen atoms in total. The number of likely N-dealkylation sites (tertiary alicyclic amines) is 1. The molecule has 0 bridgehead atoms. The Morgan fingerprint density at radius 3 is 2.47 bits per heavy atom.